The number of rotatable bonds is 6. The van der Waals surface area contributed by atoms with Gasteiger partial charge in [-0.1, -0.05) is 30.3 Å². The normalized spacial score (nSPS) is 12.0. The van der Waals surface area contributed by atoms with Crippen LogP contribution in [0.15, 0.2) is 48.9 Å². The molecule has 0 aliphatic rings. The summed E-state index contributed by atoms with van der Waals surface area (Å²) in [6.45, 7) is 0.891. The SMILES string of the molecule is O=C(O)C(CNCc1ccncn1)c1ccccc1. The van der Waals surface area contributed by atoms with Gasteiger partial charge in [0.25, 0.3) is 0 Å². The largest absolute Gasteiger partial charge is 0.481 e. The van der Waals surface area contributed by atoms with Crippen molar-refractivity contribution in [3.05, 3.63) is 60.2 Å². The number of aromatic nitrogens is 2. The molecule has 0 radical (unpaired) electrons. The minimum atomic E-state index is -0.832. The maximum absolute atomic E-state index is 11.3. The lowest BCUT2D eigenvalue weighted by molar-refractivity contribution is -0.138. The number of nitrogens with one attached hydrogen (secondary N) is 1. The Hall–Kier alpha value is -2.27. The second-order valence-corrected chi connectivity index (χ2v) is 4.13. The van der Waals surface area contributed by atoms with Gasteiger partial charge in [-0.25, -0.2) is 9.97 Å². The second kappa shape index (κ2) is 6.61. The molecule has 98 valence electrons. The summed E-state index contributed by atoms with van der Waals surface area (Å²) in [5.41, 5.74) is 1.64. The summed E-state index contributed by atoms with van der Waals surface area (Å²) < 4.78 is 0. The summed E-state index contributed by atoms with van der Waals surface area (Å²) in [5, 5.41) is 12.4. The number of carboxylic acids is 1. The molecular weight excluding hydrogens is 242 g/mol. The molecule has 1 aromatic carbocycles. The Bertz CT molecular complexity index is 517. The van der Waals surface area contributed by atoms with Gasteiger partial charge in [0.05, 0.1) is 11.6 Å². The number of benzene rings is 1. The molecule has 0 amide bonds. The van der Waals surface area contributed by atoms with Crippen LogP contribution in [0.3, 0.4) is 0 Å². The fourth-order valence-electron chi connectivity index (χ4n) is 1.80. The van der Waals surface area contributed by atoms with Crippen molar-refractivity contribution in [2.75, 3.05) is 6.54 Å². The highest BCUT2D eigenvalue weighted by molar-refractivity contribution is 5.76. The van der Waals surface area contributed by atoms with Gasteiger partial charge in [-0.05, 0) is 11.6 Å². The van der Waals surface area contributed by atoms with Gasteiger partial charge in [-0.15, -0.1) is 0 Å². The van der Waals surface area contributed by atoms with Crippen molar-refractivity contribution in [3.63, 3.8) is 0 Å². The van der Waals surface area contributed by atoms with Crippen molar-refractivity contribution < 1.29 is 9.90 Å². The van der Waals surface area contributed by atoms with Gasteiger partial charge in [0.2, 0.25) is 0 Å². The van der Waals surface area contributed by atoms with E-state index in [1.165, 1.54) is 6.33 Å². The first-order chi connectivity index (χ1) is 9.27. The lowest BCUT2D eigenvalue weighted by Gasteiger charge is -2.13. The van der Waals surface area contributed by atoms with E-state index >= 15 is 0 Å². The van der Waals surface area contributed by atoms with Crippen LogP contribution in [0, 0.1) is 0 Å². The van der Waals surface area contributed by atoms with Crippen molar-refractivity contribution in [2.45, 2.75) is 12.5 Å². The molecule has 2 aromatic rings. The monoisotopic (exact) mass is 257 g/mol. The lowest BCUT2D eigenvalue weighted by atomic mass is 9.99. The third kappa shape index (κ3) is 3.86. The predicted octanol–water partition coefficient (Wildman–Crippen LogP) is 1.43. The van der Waals surface area contributed by atoms with Crippen molar-refractivity contribution in [1.82, 2.24) is 15.3 Å². The molecule has 0 bridgehead atoms. The fourth-order valence-corrected chi connectivity index (χ4v) is 1.80. The number of hydrogen-bond acceptors (Lipinski definition) is 4. The molecule has 0 spiro atoms. The van der Waals surface area contributed by atoms with Crippen molar-refractivity contribution in [2.24, 2.45) is 0 Å². The highest BCUT2D eigenvalue weighted by Crippen LogP contribution is 2.14. The zero-order valence-corrected chi connectivity index (χ0v) is 10.4. The minimum absolute atomic E-state index is 0.364. The first-order valence-electron chi connectivity index (χ1n) is 6.00. The minimum Gasteiger partial charge on any atom is -0.481 e. The first kappa shape index (κ1) is 13.2. The standard InChI is InChI=1S/C14H15N3O2/c18-14(19)13(11-4-2-1-3-5-11)9-16-8-12-6-7-15-10-17-12/h1-7,10,13,16H,8-9H2,(H,18,19). The van der Waals surface area contributed by atoms with Gasteiger partial charge in [0.1, 0.15) is 6.33 Å². The molecule has 2 rings (SSSR count). The molecule has 1 atom stereocenters. The molecule has 5 nitrogen and oxygen atoms in total. The Morgan fingerprint density at radius 3 is 2.68 bits per heavy atom. The van der Waals surface area contributed by atoms with Gasteiger partial charge >= 0.3 is 5.97 Å². The average molecular weight is 257 g/mol. The number of nitrogens with zero attached hydrogens (tertiary/aromatic N) is 2. The summed E-state index contributed by atoms with van der Waals surface area (Å²) in [7, 11) is 0. The second-order valence-electron chi connectivity index (χ2n) is 4.13. The van der Waals surface area contributed by atoms with Gasteiger partial charge < -0.3 is 10.4 Å². The van der Waals surface area contributed by atoms with Crippen LogP contribution in [0.4, 0.5) is 0 Å². The summed E-state index contributed by atoms with van der Waals surface area (Å²) in [6, 6.07) is 11.0. The molecule has 0 saturated carbocycles. The predicted molar refractivity (Wildman–Crippen MR) is 70.6 cm³/mol. The molecular formula is C14H15N3O2. The molecule has 5 heteroatoms. The van der Waals surface area contributed by atoms with E-state index in [1.54, 1.807) is 12.3 Å². The van der Waals surface area contributed by atoms with Crippen LogP contribution in [-0.4, -0.2) is 27.6 Å². The molecule has 0 fully saturated rings. The third-order valence-electron chi connectivity index (χ3n) is 2.80. The number of carboxylic acid groups (broad SMARTS) is 1. The summed E-state index contributed by atoms with van der Waals surface area (Å²) >= 11 is 0. The van der Waals surface area contributed by atoms with Gasteiger partial charge in [0.15, 0.2) is 0 Å². The molecule has 0 aliphatic heterocycles. The van der Waals surface area contributed by atoms with E-state index in [4.69, 9.17) is 0 Å². The van der Waals surface area contributed by atoms with Gasteiger partial charge in [-0.3, -0.25) is 4.79 Å². The topological polar surface area (TPSA) is 75.1 Å². The number of hydrogen-bond donors (Lipinski definition) is 2. The van der Waals surface area contributed by atoms with E-state index in [2.05, 4.69) is 15.3 Å². The maximum Gasteiger partial charge on any atom is 0.312 e. The van der Waals surface area contributed by atoms with E-state index in [0.29, 0.717) is 13.1 Å². The number of carbonyl (C=O) groups is 1. The zero-order chi connectivity index (χ0) is 13.5. The molecule has 0 saturated heterocycles. The van der Waals surface area contributed by atoms with Crippen LogP contribution < -0.4 is 5.32 Å². The highest BCUT2D eigenvalue weighted by Gasteiger charge is 2.18. The Labute approximate surface area is 111 Å². The van der Waals surface area contributed by atoms with E-state index in [1.807, 2.05) is 30.3 Å². The lowest BCUT2D eigenvalue weighted by Crippen LogP contribution is -2.26. The quantitative estimate of drug-likeness (QED) is 0.819. The van der Waals surface area contributed by atoms with Crippen molar-refractivity contribution >= 4 is 5.97 Å². The van der Waals surface area contributed by atoms with Gasteiger partial charge in [-0.2, -0.15) is 0 Å². The van der Waals surface area contributed by atoms with Crippen molar-refractivity contribution in [1.29, 1.82) is 0 Å². The Kier molecular flexibility index (Phi) is 4.58. The summed E-state index contributed by atoms with van der Waals surface area (Å²) in [5.74, 6) is -1.38. The highest BCUT2D eigenvalue weighted by atomic mass is 16.4. The molecule has 0 aliphatic carbocycles. The van der Waals surface area contributed by atoms with E-state index in [-0.39, 0.29) is 0 Å². The smallest absolute Gasteiger partial charge is 0.312 e. The van der Waals surface area contributed by atoms with Gasteiger partial charge in [0, 0.05) is 19.3 Å². The van der Waals surface area contributed by atoms with Crippen LogP contribution in [-0.2, 0) is 11.3 Å². The van der Waals surface area contributed by atoms with E-state index in [0.717, 1.165) is 11.3 Å². The molecule has 1 unspecified atom stereocenters. The molecule has 2 N–H and O–H groups in total. The molecule has 1 aromatic heterocycles. The fraction of sp³-hybridized carbons (Fsp3) is 0.214. The third-order valence-corrected chi connectivity index (χ3v) is 2.80. The Morgan fingerprint density at radius 1 is 1.26 bits per heavy atom. The van der Waals surface area contributed by atoms with Crippen molar-refractivity contribution in [3.8, 4) is 0 Å². The summed E-state index contributed by atoms with van der Waals surface area (Å²) in [4.78, 5) is 19.2. The molecule has 1 heterocycles. The van der Waals surface area contributed by atoms with E-state index < -0.39 is 11.9 Å². The van der Waals surface area contributed by atoms with Crippen LogP contribution in [0.25, 0.3) is 0 Å². The summed E-state index contributed by atoms with van der Waals surface area (Å²) in [6.07, 6.45) is 3.14. The van der Waals surface area contributed by atoms with E-state index in [9.17, 15) is 9.90 Å². The van der Waals surface area contributed by atoms with Crippen LogP contribution in [0.5, 0.6) is 0 Å². The Balaban J connectivity index is 1.94. The van der Waals surface area contributed by atoms with Crippen LogP contribution >= 0.6 is 0 Å². The first-order valence-corrected chi connectivity index (χ1v) is 6.00. The van der Waals surface area contributed by atoms with Crippen LogP contribution in [0.1, 0.15) is 17.2 Å². The van der Waals surface area contributed by atoms with Crippen LogP contribution in [0.2, 0.25) is 0 Å². The number of aliphatic carboxylic acids is 1. The zero-order valence-electron chi connectivity index (χ0n) is 10.4. The average Bonchev–Trinajstić information content (AvgIpc) is 2.45. The molecule has 19 heavy (non-hydrogen) atoms. The maximum atomic E-state index is 11.3. The Morgan fingerprint density at radius 2 is 2.05 bits per heavy atom.